The van der Waals surface area contributed by atoms with Crippen molar-refractivity contribution in [1.82, 2.24) is 4.90 Å². The first-order chi connectivity index (χ1) is 10.1. The number of carbonyl (C=O) groups is 1. The first-order valence-electron chi connectivity index (χ1n) is 8.06. The van der Waals surface area contributed by atoms with Crippen molar-refractivity contribution in [3.63, 3.8) is 0 Å². The van der Waals surface area contributed by atoms with Crippen LogP contribution in [0.2, 0.25) is 0 Å². The Balaban J connectivity index is 1.71. The van der Waals surface area contributed by atoms with E-state index in [2.05, 4.69) is 35.2 Å². The molecule has 0 radical (unpaired) electrons. The van der Waals surface area contributed by atoms with E-state index in [1.165, 1.54) is 5.56 Å². The average molecular weight is 287 g/mol. The normalized spacial score (nSPS) is 29.6. The Morgan fingerprint density at radius 2 is 1.81 bits per heavy atom. The van der Waals surface area contributed by atoms with Crippen molar-refractivity contribution < 1.29 is 9.53 Å². The molecule has 114 valence electrons. The topological polar surface area (TPSA) is 29.5 Å². The number of ether oxygens (including phenoxy) is 1. The second kappa shape index (κ2) is 6.29. The maximum atomic E-state index is 12.3. The Hall–Kier alpha value is -1.19. The third kappa shape index (κ3) is 3.19. The lowest BCUT2D eigenvalue weighted by atomic mass is 9.79. The fourth-order valence-electron chi connectivity index (χ4n) is 3.75. The van der Waals surface area contributed by atoms with Crippen LogP contribution in [0.4, 0.5) is 0 Å². The van der Waals surface area contributed by atoms with Crippen LogP contribution < -0.4 is 0 Å². The zero-order valence-electron chi connectivity index (χ0n) is 13.0. The molecule has 2 aliphatic rings. The lowest BCUT2D eigenvalue weighted by Gasteiger charge is -2.48. The molecule has 0 aliphatic carbocycles. The second-order valence-corrected chi connectivity index (χ2v) is 6.73. The molecule has 2 fully saturated rings. The van der Waals surface area contributed by atoms with Crippen LogP contribution in [0.1, 0.15) is 32.3 Å². The number of Topliss-reactive ketones (excluding diaryl/α,β-unsaturated/α-hetero) is 1. The molecule has 3 nitrogen and oxygen atoms in total. The first kappa shape index (κ1) is 14.7. The SMILES string of the molecule is CC(C)C(=O)C1CC2COCC(C1)N2Cc1ccccc1. The van der Waals surface area contributed by atoms with Gasteiger partial charge in [-0.25, -0.2) is 0 Å². The summed E-state index contributed by atoms with van der Waals surface area (Å²) < 4.78 is 5.74. The van der Waals surface area contributed by atoms with Crippen LogP contribution in [0.25, 0.3) is 0 Å². The van der Waals surface area contributed by atoms with Gasteiger partial charge in [-0.3, -0.25) is 9.69 Å². The maximum absolute atomic E-state index is 12.3. The molecule has 1 aromatic carbocycles. The number of rotatable bonds is 4. The van der Waals surface area contributed by atoms with Gasteiger partial charge < -0.3 is 4.74 Å². The van der Waals surface area contributed by atoms with E-state index in [0.717, 1.165) is 32.6 Å². The molecule has 0 spiro atoms. The molecule has 1 aromatic rings. The summed E-state index contributed by atoms with van der Waals surface area (Å²) in [6, 6.07) is 11.4. The van der Waals surface area contributed by atoms with E-state index in [0.29, 0.717) is 17.9 Å². The van der Waals surface area contributed by atoms with Crippen molar-refractivity contribution in [2.45, 2.75) is 45.3 Å². The second-order valence-electron chi connectivity index (χ2n) is 6.73. The quantitative estimate of drug-likeness (QED) is 0.853. The third-order valence-electron chi connectivity index (χ3n) is 4.85. The summed E-state index contributed by atoms with van der Waals surface area (Å²) in [5.41, 5.74) is 1.35. The zero-order valence-corrected chi connectivity index (χ0v) is 13.0. The Bertz CT molecular complexity index is 471. The van der Waals surface area contributed by atoms with Gasteiger partial charge in [0.15, 0.2) is 0 Å². The van der Waals surface area contributed by atoms with E-state index in [9.17, 15) is 4.79 Å². The van der Waals surface area contributed by atoms with Gasteiger partial charge in [-0.15, -0.1) is 0 Å². The van der Waals surface area contributed by atoms with E-state index >= 15 is 0 Å². The van der Waals surface area contributed by atoms with Crippen LogP contribution in [-0.2, 0) is 16.1 Å². The number of carbonyl (C=O) groups excluding carboxylic acids is 1. The lowest BCUT2D eigenvalue weighted by Crippen LogP contribution is -2.57. The minimum atomic E-state index is 0.150. The predicted molar refractivity (Wildman–Crippen MR) is 82.9 cm³/mol. The van der Waals surface area contributed by atoms with E-state index in [4.69, 9.17) is 4.74 Å². The summed E-state index contributed by atoms with van der Waals surface area (Å²) in [7, 11) is 0. The van der Waals surface area contributed by atoms with Crippen molar-refractivity contribution in [1.29, 1.82) is 0 Å². The number of hydrogen-bond acceptors (Lipinski definition) is 3. The minimum Gasteiger partial charge on any atom is -0.378 e. The highest BCUT2D eigenvalue weighted by Gasteiger charge is 2.41. The Morgan fingerprint density at radius 3 is 2.38 bits per heavy atom. The van der Waals surface area contributed by atoms with Crippen molar-refractivity contribution in [3.05, 3.63) is 35.9 Å². The van der Waals surface area contributed by atoms with Crippen molar-refractivity contribution in [2.75, 3.05) is 13.2 Å². The van der Waals surface area contributed by atoms with E-state index < -0.39 is 0 Å². The minimum absolute atomic E-state index is 0.150. The summed E-state index contributed by atoms with van der Waals surface area (Å²) in [5, 5.41) is 0. The number of benzene rings is 1. The van der Waals surface area contributed by atoms with Gasteiger partial charge in [0.2, 0.25) is 0 Å². The molecule has 0 aromatic heterocycles. The summed E-state index contributed by atoms with van der Waals surface area (Å²) in [6.45, 7) is 6.55. The van der Waals surface area contributed by atoms with Crippen LogP contribution in [0.15, 0.2) is 30.3 Å². The summed E-state index contributed by atoms with van der Waals surface area (Å²) >= 11 is 0. The van der Waals surface area contributed by atoms with Gasteiger partial charge in [0.05, 0.1) is 13.2 Å². The molecule has 0 saturated carbocycles. The highest BCUT2D eigenvalue weighted by Crippen LogP contribution is 2.34. The molecule has 2 unspecified atom stereocenters. The lowest BCUT2D eigenvalue weighted by molar-refractivity contribution is -0.136. The van der Waals surface area contributed by atoms with Gasteiger partial charge in [-0.2, -0.15) is 0 Å². The standard InChI is InChI=1S/C18H25NO2/c1-13(2)18(20)15-8-16-11-21-12-17(9-15)19(16)10-14-6-4-3-5-7-14/h3-7,13,15-17H,8-12H2,1-2H3. The molecular weight excluding hydrogens is 262 g/mol. The number of piperidine rings is 1. The van der Waals surface area contributed by atoms with Crippen molar-refractivity contribution in [3.8, 4) is 0 Å². The summed E-state index contributed by atoms with van der Waals surface area (Å²) in [5.74, 6) is 0.819. The van der Waals surface area contributed by atoms with Crippen LogP contribution in [-0.4, -0.2) is 36.0 Å². The molecule has 3 heteroatoms. The van der Waals surface area contributed by atoms with Crippen LogP contribution in [0, 0.1) is 11.8 Å². The fraction of sp³-hybridized carbons (Fsp3) is 0.611. The van der Waals surface area contributed by atoms with Gasteiger partial charge >= 0.3 is 0 Å². The third-order valence-corrected chi connectivity index (χ3v) is 4.85. The van der Waals surface area contributed by atoms with Crippen LogP contribution in [0.5, 0.6) is 0 Å². The van der Waals surface area contributed by atoms with Crippen molar-refractivity contribution in [2.24, 2.45) is 11.8 Å². The molecule has 2 aliphatic heterocycles. The first-order valence-corrected chi connectivity index (χ1v) is 8.06. The number of hydrogen-bond donors (Lipinski definition) is 0. The molecule has 21 heavy (non-hydrogen) atoms. The number of ketones is 1. The Kier molecular flexibility index (Phi) is 4.41. The molecule has 0 amide bonds. The molecule has 2 saturated heterocycles. The van der Waals surface area contributed by atoms with E-state index in [-0.39, 0.29) is 11.8 Å². The maximum Gasteiger partial charge on any atom is 0.138 e. The molecular formula is C18H25NO2. The number of morpholine rings is 1. The monoisotopic (exact) mass is 287 g/mol. The van der Waals surface area contributed by atoms with Gasteiger partial charge in [0.1, 0.15) is 5.78 Å². The summed E-state index contributed by atoms with van der Waals surface area (Å²) in [6.07, 6.45) is 1.92. The Labute approximate surface area is 127 Å². The number of fused-ring (bicyclic) bond motifs is 2. The summed E-state index contributed by atoms with van der Waals surface area (Å²) in [4.78, 5) is 14.9. The van der Waals surface area contributed by atoms with Crippen LogP contribution in [0.3, 0.4) is 0 Å². The largest absolute Gasteiger partial charge is 0.378 e. The smallest absolute Gasteiger partial charge is 0.138 e. The molecule has 2 atom stereocenters. The predicted octanol–water partition coefficient (Wildman–Crippen LogP) is 2.89. The highest BCUT2D eigenvalue weighted by atomic mass is 16.5. The zero-order chi connectivity index (χ0) is 14.8. The molecule has 2 heterocycles. The van der Waals surface area contributed by atoms with Gasteiger partial charge in [0, 0.05) is 30.5 Å². The van der Waals surface area contributed by atoms with Crippen molar-refractivity contribution >= 4 is 5.78 Å². The number of nitrogens with zero attached hydrogens (tertiary/aromatic N) is 1. The molecule has 0 N–H and O–H groups in total. The van der Waals surface area contributed by atoms with E-state index in [1.54, 1.807) is 0 Å². The van der Waals surface area contributed by atoms with E-state index in [1.807, 2.05) is 13.8 Å². The molecule has 3 rings (SSSR count). The Morgan fingerprint density at radius 1 is 1.19 bits per heavy atom. The van der Waals surface area contributed by atoms with Crippen LogP contribution >= 0.6 is 0 Å². The molecule has 2 bridgehead atoms. The van der Waals surface area contributed by atoms with Gasteiger partial charge in [-0.1, -0.05) is 44.2 Å². The van der Waals surface area contributed by atoms with Gasteiger partial charge in [0.25, 0.3) is 0 Å². The van der Waals surface area contributed by atoms with Gasteiger partial charge in [-0.05, 0) is 18.4 Å². The average Bonchev–Trinajstić information content (AvgIpc) is 2.47. The fourth-order valence-corrected chi connectivity index (χ4v) is 3.75. The highest BCUT2D eigenvalue weighted by molar-refractivity contribution is 5.83.